The van der Waals surface area contributed by atoms with Crippen molar-refractivity contribution in [2.75, 3.05) is 26.7 Å². The zero-order chi connectivity index (χ0) is 16.2. The highest BCUT2D eigenvalue weighted by molar-refractivity contribution is 7.09. The van der Waals surface area contributed by atoms with E-state index >= 15 is 0 Å². The summed E-state index contributed by atoms with van der Waals surface area (Å²) in [5.74, 6) is -0.0188. The smallest absolute Gasteiger partial charge is 0.223 e. The summed E-state index contributed by atoms with van der Waals surface area (Å²) >= 11 is 1.70. The number of rotatable bonds is 4. The van der Waals surface area contributed by atoms with Crippen LogP contribution in [0.3, 0.4) is 0 Å². The molecule has 1 unspecified atom stereocenters. The molecule has 0 saturated carbocycles. The van der Waals surface area contributed by atoms with Gasteiger partial charge >= 0.3 is 0 Å². The number of likely N-dealkylation sites (N-methyl/N-ethyl adjacent to an activating group) is 1. The maximum absolute atomic E-state index is 13.1. The van der Waals surface area contributed by atoms with E-state index in [9.17, 15) is 9.18 Å². The Morgan fingerprint density at radius 2 is 2.04 bits per heavy atom. The summed E-state index contributed by atoms with van der Waals surface area (Å²) in [6.45, 7) is 2.27. The SMILES string of the molecule is CN1CCN(C(=O)CCc2cccs2)CC1c1ccc(F)cc1. The fourth-order valence-corrected chi connectivity index (χ4v) is 3.70. The molecular weight excluding hydrogens is 311 g/mol. The van der Waals surface area contributed by atoms with Gasteiger partial charge in [0.25, 0.3) is 0 Å². The fraction of sp³-hybridized carbons (Fsp3) is 0.389. The molecule has 1 fully saturated rings. The minimum atomic E-state index is -0.226. The molecule has 1 aromatic heterocycles. The normalized spacial score (nSPS) is 19.0. The molecule has 1 amide bonds. The molecule has 1 aliphatic heterocycles. The third-order valence-corrected chi connectivity index (χ3v) is 5.36. The van der Waals surface area contributed by atoms with E-state index in [1.807, 2.05) is 28.5 Å². The Bertz CT molecular complexity index is 642. The number of hydrogen-bond donors (Lipinski definition) is 0. The van der Waals surface area contributed by atoms with Gasteiger partial charge in [-0.05, 0) is 42.6 Å². The zero-order valence-electron chi connectivity index (χ0n) is 13.2. The van der Waals surface area contributed by atoms with Gasteiger partial charge in [0, 0.05) is 30.9 Å². The van der Waals surface area contributed by atoms with E-state index in [2.05, 4.69) is 18.0 Å². The van der Waals surface area contributed by atoms with Gasteiger partial charge in [0.15, 0.2) is 0 Å². The highest BCUT2D eigenvalue weighted by Gasteiger charge is 2.28. The third kappa shape index (κ3) is 3.98. The van der Waals surface area contributed by atoms with Gasteiger partial charge in [-0.2, -0.15) is 0 Å². The largest absolute Gasteiger partial charge is 0.339 e. The first-order chi connectivity index (χ1) is 11.1. The summed E-state index contributed by atoms with van der Waals surface area (Å²) in [7, 11) is 2.06. The Morgan fingerprint density at radius 3 is 2.74 bits per heavy atom. The van der Waals surface area contributed by atoms with Crippen LogP contribution in [0.1, 0.15) is 22.9 Å². The van der Waals surface area contributed by atoms with Crippen molar-refractivity contribution in [2.45, 2.75) is 18.9 Å². The topological polar surface area (TPSA) is 23.6 Å². The van der Waals surface area contributed by atoms with E-state index in [4.69, 9.17) is 0 Å². The number of carbonyl (C=O) groups excluding carboxylic acids is 1. The molecule has 1 aliphatic rings. The van der Waals surface area contributed by atoms with Gasteiger partial charge in [0.1, 0.15) is 5.82 Å². The van der Waals surface area contributed by atoms with E-state index < -0.39 is 0 Å². The molecule has 2 aromatic rings. The number of carbonyl (C=O) groups is 1. The Hall–Kier alpha value is -1.72. The first-order valence-electron chi connectivity index (χ1n) is 7.89. The van der Waals surface area contributed by atoms with Gasteiger partial charge < -0.3 is 4.90 Å². The Balaban J connectivity index is 1.62. The van der Waals surface area contributed by atoms with E-state index in [0.717, 1.165) is 25.1 Å². The van der Waals surface area contributed by atoms with E-state index in [1.165, 1.54) is 17.0 Å². The quantitative estimate of drug-likeness (QED) is 0.857. The maximum Gasteiger partial charge on any atom is 0.223 e. The monoisotopic (exact) mass is 332 g/mol. The standard InChI is InChI=1S/C18H21FN2OS/c1-20-10-11-21(18(22)9-8-16-3-2-12-23-16)13-17(20)14-4-6-15(19)7-5-14/h2-7,12,17H,8-11,13H2,1H3. The minimum absolute atomic E-state index is 0.134. The van der Waals surface area contributed by atoms with E-state index in [1.54, 1.807) is 11.3 Å². The van der Waals surface area contributed by atoms with E-state index in [0.29, 0.717) is 13.0 Å². The predicted molar refractivity (Wildman–Crippen MR) is 91.0 cm³/mol. The summed E-state index contributed by atoms with van der Waals surface area (Å²) in [4.78, 5) is 17.9. The number of thiophene rings is 1. The minimum Gasteiger partial charge on any atom is -0.339 e. The lowest BCUT2D eigenvalue weighted by molar-refractivity contribution is -0.134. The average molecular weight is 332 g/mol. The van der Waals surface area contributed by atoms with Crippen molar-refractivity contribution in [3.8, 4) is 0 Å². The van der Waals surface area contributed by atoms with Crippen molar-refractivity contribution in [2.24, 2.45) is 0 Å². The molecule has 0 aliphatic carbocycles. The van der Waals surface area contributed by atoms with Gasteiger partial charge in [-0.3, -0.25) is 9.69 Å². The van der Waals surface area contributed by atoms with Crippen LogP contribution in [0.5, 0.6) is 0 Å². The number of amides is 1. The van der Waals surface area contributed by atoms with Crippen molar-refractivity contribution in [1.82, 2.24) is 9.80 Å². The molecule has 1 aromatic carbocycles. The molecule has 0 N–H and O–H groups in total. The Labute approximate surface area is 140 Å². The summed E-state index contributed by atoms with van der Waals surface area (Å²) in [6, 6.07) is 10.8. The number of benzene rings is 1. The summed E-state index contributed by atoms with van der Waals surface area (Å²) in [6.07, 6.45) is 1.37. The van der Waals surface area contributed by atoms with Gasteiger partial charge in [-0.1, -0.05) is 18.2 Å². The molecule has 1 saturated heterocycles. The fourth-order valence-electron chi connectivity index (χ4n) is 2.99. The number of aryl methyl sites for hydroxylation is 1. The molecule has 3 rings (SSSR count). The Morgan fingerprint density at radius 1 is 1.26 bits per heavy atom. The van der Waals surface area contributed by atoms with Gasteiger partial charge in [-0.15, -0.1) is 11.3 Å². The highest BCUT2D eigenvalue weighted by atomic mass is 32.1. The van der Waals surface area contributed by atoms with Crippen LogP contribution in [-0.2, 0) is 11.2 Å². The maximum atomic E-state index is 13.1. The lowest BCUT2D eigenvalue weighted by Crippen LogP contribution is -2.49. The van der Waals surface area contributed by atoms with Crippen LogP contribution in [0.4, 0.5) is 4.39 Å². The van der Waals surface area contributed by atoms with Crippen LogP contribution in [0.15, 0.2) is 41.8 Å². The predicted octanol–water partition coefficient (Wildman–Crippen LogP) is 3.34. The van der Waals surface area contributed by atoms with Crippen LogP contribution in [0.2, 0.25) is 0 Å². The van der Waals surface area contributed by atoms with Crippen molar-refractivity contribution in [1.29, 1.82) is 0 Å². The van der Waals surface area contributed by atoms with Crippen molar-refractivity contribution < 1.29 is 9.18 Å². The van der Waals surface area contributed by atoms with Crippen LogP contribution >= 0.6 is 11.3 Å². The molecule has 3 nitrogen and oxygen atoms in total. The molecule has 0 spiro atoms. The second-order valence-electron chi connectivity index (χ2n) is 5.97. The molecule has 23 heavy (non-hydrogen) atoms. The van der Waals surface area contributed by atoms with E-state index in [-0.39, 0.29) is 17.8 Å². The van der Waals surface area contributed by atoms with Crippen LogP contribution in [0, 0.1) is 5.82 Å². The lowest BCUT2D eigenvalue weighted by atomic mass is 10.0. The lowest BCUT2D eigenvalue weighted by Gasteiger charge is -2.39. The van der Waals surface area contributed by atoms with Gasteiger partial charge in [0.05, 0.1) is 6.04 Å². The molecule has 122 valence electrons. The molecule has 0 radical (unpaired) electrons. The number of nitrogens with zero attached hydrogens (tertiary/aromatic N) is 2. The Kier molecular flexibility index (Phi) is 5.08. The van der Waals surface area contributed by atoms with Crippen molar-refractivity contribution >= 4 is 17.2 Å². The van der Waals surface area contributed by atoms with Crippen LogP contribution < -0.4 is 0 Å². The first kappa shape index (κ1) is 16.1. The summed E-state index contributed by atoms with van der Waals surface area (Å²) in [5.41, 5.74) is 1.06. The molecule has 5 heteroatoms. The second kappa shape index (κ2) is 7.23. The summed E-state index contributed by atoms with van der Waals surface area (Å²) in [5, 5.41) is 2.04. The summed E-state index contributed by atoms with van der Waals surface area (Å²) < 4.78 is 13.1. The number of halogens is 1. The number of piperazine rings is 1. The molecular formula is C18H21FN2OS. The van der Waals surface area contributed by atoms with Gasteiger partial charge in [0.2, 0.25) is 5.91 Å². The third-order valence-electron chi connectivity index (χ3n) is 4.42. The second-order valence-corrected chi connectivity index (χ2v) is 7.00. The average Bonchev–Trinajstić information content (AvgIpc) is 3.07. The molecule has 1 atom stereocenters. The van der Waals surface area contributed by atoms with Crippen LogP contribution in [0.25, 0.3) is 0 Å². The number of hydrogen-bond acceptors (Lipinski definition) is 3. The highest BCUT2D eigenvalue weighted by Crippen LogP contribution is 2.25. The van der Waals surface area contributed by atoms with Crippen LogP contribution in [-0.4, -0.2) is 42.4 Å². The molecule has 2 heterocycles. The first-order valence-corrected chi connectivity index (χ1v) is 8.77. The molecule has 0 bridgehead atoms. The van der Waals surface area contributed by atoms with Crippen molar-refractivity contribution in [3.05, 3.63) is 58.0 Å². The van der Waals surface area contributed by atoms with Crippen molar-refractivity contribution in [3.63, 3.8) is 0 Å². The zero-order valence-corrected chi connectivity index (χ0v) is 14.1. The van der Waals surface area contributed by atoms with Gasteiger partial charge in [-0.25, -0.2) is 4.39 Å².